The maximum absolute atomic E-state index is 12.1. The van der Waals surface area contributed by atoms with Gasteiger partial charge in [-0.15, -0.1) is 0 Å². The second-order valence-corrected chi connectivity index (χ2v) is 6.26. The fraction of sp³-hybridized carbons (Fsp3) is 0.300. The van der Waals surface area contributed by atoms with Crippen LogP contribution in [0.4, 0.5) is 17.1 Å². The molecule has 0 aromatic heterocycles. The topological polar surface area (TPSA) is 70.2 Å². The Morgan fingerprint density at radius 3 is 1.92 bits per heavy atom. The van der Waals surface area contributed by atoms with Crippen LogP contribution in [0.25, 0.3) is 0 Å². The number of aryl methyl sites for hydroxylation is 3. The van der Waals surface area contributed by atoms with Crippen molar-refractivity contribution in [3.8, 4) is 0 Å². The van der Waals surface area contributed by atoms with Crippen molar-refractivity contribution < 1.29 is 9.59 Å². The molecule has 0 unspecified atom stereocenters. The van der Waals surface area contributed by atoms with Gasteiger partial charge >= 0.3 is 0 Å². The van der Waals surface area contributed by atoms with Gasteiger partial charge in [0.15, 0.2) is 0 Å². The van der Waals surface area contributed by atoms with E-state index < -0.39 is 0 Å². The van der Waals surface area contributed by atoms with Gasteiger partial charge in [-0.3, -0.25) is 9.59 Å². The van der Waals surface area contributed by atoms with Gasteiger partial charge < -0.3 is 16.0 Å². The van der Waals surface area contributed by atoms with Gasteiger partial charge in [-0.2, -0.15) is 0 Å². The molecular weight excluding hydrogens is 314 g/mol. The minimum absolute atomic E-state index is 0.0535. The maximum atomic E-state index is 12.1. The number of hydrogen-bond donors (Lipinski definition) is 3. The van der Waals surface area contributed by atoms with Gasteiger partial charge in [0.25, 0.3) is 0 Å². The lowest BCUT2D eigenvalue weighted by atomic mass is 10.1. The van der Waals surface area contributed by atoms with Gasteiger partial charge in [0.2, 0.25) is 11.8 Å². The van der Waals surface area contributed by atoms with E-state index in [2.05, 4.69) is 48.9 Å². The molecule has 0 aliphatic carbocycles. The molecular formula is C20H25N3O2. The van der Waals surface area contributed by atoms with Crippen LogP contribution in [0.1, 0.15) is 30.0 Å². The van der Waals surface area contributed by atoms with Gasteiger partial charge in [0.05, 0.1) is 0 Å². The summed E-state index contributed by atoms with van der Waals surface area (Å²) in [4.78, 5) is 23.1. The first-order valence-corrected chi connectivity index (χ1v) is 8.34. The average Bonchev–Trinajstić information content (AvgIpc) is 2.51. The van der Waals surface area contributed by atoms with Crippen molar-refractivity contribution in [2.45, 2.75) is 34.1 Å². The maximum Gasteiger partial charge on any atom is 0.226 e. The van der Waals surface area contributed by atoms with E-state index >= 15 is 0 Å². The second kappa shape index (κ2) is 8.33. The lowest BCUT2D eigenvalue weighted by Gasteiger charge is -2.14. The summed E-state index contributed by atoms with van der Waals surface area (Å²) in [5.41, 5.74) is 6.12. The van der Waals surface area contributed by atoms with Crippen LogP contribution in [0, 0.1) is 20.8 Å². The van der Waals surface area contributed by atoms with Crippen LogP contribution in [0.2, 0.25) is 0 Å². The Balaban J connectivity index is 1.84. The van der Waals surface area contributed by atoms with Crippen LogP contribution in [-0.2, 0) is 9.59 Å². The van der Waals surface area contributed by atoms with Gasteiger partial charge in [-0.25, -0.2) is 0 Å². The summed E-state index contributed by atoms with van der Waals surface area (Å²) in [6.07, 6.45) is 0.375. The molecule has 0 spiro atoms. The number of hydrogen-bond acceptors (Lipinski definition) is 3. The largest absolute Gasteiger partial charge is 0.384 e. The molecule has 0 saturated carbocycles. The number of carbonyl (C=O) groups is 2. The van der Waals surface area contributed by atoms with Crippen LogP contribution < -0.4 is 16.0 Å². The monoisotopic (exact) mass is 339 g/mol. The van der Waals surface area contributed by atoms with Gasteiger partial charge in [0, 0.05) is 37.0 Å². The van der Waals surface area contributed by atoms with Crippen LogP contribution in [-0.4, -0.2) is 18.4 Å². The molecule has 0 atom stereocenters. The van der Waals surface area contributed by atoms with Crippen LogP contribution in [0.3, 0.4) is 0 Å². The van der Waals surface area contributed by atoms with Crippen molar-refractivity contribution in [3.05, 3.63) is 53.1 Å². The van der Waals surface area contributed by atoms with E-state index in [0.29, 0.717) is 24.3 Å². The van der Waals surface area contributed by atoms with E-state index in [0.717, 1.165) is 5.69 Å². The zero-order chi connectivity index (χ0) is 18.4. The molecule has 2 aromatic carbocycles. The van der Waals surface area contributed by atoms with E-state index in [4.69, 9.17) is 0 Å². The summed E-state index contributed by atoms with van der Waals surface area (Å²) in [6, 6.07) is 11.3. The average molecular weight is 339 g/mol. The molecule has 2 aromatic rings. The van der Waals surface area contributed by atoms with E-state index in [1.54, 1.807) is 24.3 Å². The molecule has 0 saturated heterocycles. The quantitative estimate of drug-likeness (QED) is 0.745. The van der Waals surface area contributed by atoms with Crippen LogP contribution in [0.5, 0.6) is 0 Å². The third kappa shape index (κ3) is 5.64. The Labute approximate surface area is 148 Å². The number of carbonyl (C=O) groups excluding carboxylic acids is 2. The Bertz CT molecular complexity index is 744. The van der Waals surface area contributed by atoms with Crippen molar-refractivity contribution in [3.63, 3.8) is 0 Å². The predicted octanol–water partition coefficient (Wildman–Crippen LogP) is 4.01. The highest BCUT2D eigenvalue weighted by Crippen LogP contribution is 2.21. The van der Waals surface area contributed by atoms with Crippen molar-refractivity contribution in [1.29, 1.82) is 0 Å². The van der Waals surface area contributed by atoms with E-state index in [-0.39, 0.29) is 11.8 Å². The number of nitrogens with one attached hydrogen (secondary N) is 3. The summed E-state index contributed by atoms with van der Waals surface area (Å²) < 4.78 is 0. The normalized spacial score (nSPS) is 10.2. The smallest absolute Gasteiger partial charge is 0.226 e. The molecule has 0 radical (unpaired) electrons. The summed E-state index contributed by atoms with van der Waals surface area (Å²) in [5, 5.41) is 8.89. The Hall–Kier alpha value is -2.82. The minimum Gasteiger partial charge on any atom is -0.384 e. The van der Waals surface area contributed by atoms with Crippen LogP contribution >= 0.6 is 0 Å². The van der Waals surface area contributed by atoms with Crippen molar-refractivity contribution in [2.24, 2.45) is 0 Å². The SMILES string of the molecule is CC(=O)Nc1ccc(NC(=O)CCNc2c(C)cc(C)cc2C)cc1. The predicted molar refractivity (Wildman–Crippen MR) is 103 cm³/mol. The Kier molecular flexibility index (Phi) is 6.17. The molecule has 0 fully saturated rings. The highest BCUT2D eigenvalue weighted by molar-refractivity contribution is 5.92. The first kappa shape index (κ1) is 18.5. The molecule has 2 rings (SSSR count). The van der Waals surface area contributed by atoms with E-state index in [1.165, 1.54) is 23.6 Å². The van der Waals surface area contributed by atoms with E-state index in [9.17, 15) is 9.59 Å². The molecule has 132 valence electrons. The standard InChI is InChI=1S/C20H25N3O2/c1-13-11-14(2)20(15(3)12-13)21-10-9-19(25)23-18-7-5-17(6-8-18)22-16(4)24/h5-8,11-12,21H,9-10H2,1-4H3,(H,22,24)(H,23,25). The molecule has 2 amide bonds. The first-order chi connectivity index (χ1) is 11.8. The summed E-state index contributed by atoms with van der Waals surface area (Å²) in [7, 11) is 0. The number of rotatable bonds is 6. The Morgan fingerprint density at radius 1 is 0.880 bits per heavy atom. The van der Waals surface area contributed by atoms with Crippen LogP contribution in [0.15, 0.2) is 36.4 Å². The molecule has 5 heteroatoms. The highest BCUT2D eigenvalue weighted by Gasteiger charge is 2.06. The zero-order valence-electron chi connectivity index (χ0n) is 15.2. The second-order valence-electron chi connectivity index (χ2n) is 6.26. The van der Waals surface area contributed by atoms with E-state index in [1.807, 2.05) is 0 Å². The number of benzene rings is 2. The molecule has 3 N–H and O–H groups in total. The fourth-order valence-corrected chi connectivity index (χ4v) is 2.82. The molecule has 5 nitrogen and oxygen atoms in total. The van der Waals surface area contributed by atoms with Crippen molar-refractivity contribution in [1.82, 2.24) is 0 Å². The molecule has 0 aliphatic rings. The summed E-state index contributed by atoms with van der Waals surface area (Å²) in [5.74, 6) is -0.174. The third-order valence-electron chi connectivity index (χ3n) is 3.82. The fourth-order valence-electron chi connectivity index (χ4n) is 2.82. The highest BCUT2D eigenvalue weighted by atomic mass is 16.2. The number of amides is 2. The van der Waals surface area contributed by atoms with Crippen molar-refractivity contribution in [2.75, 3.05) is 22.5 Å². The third-order valence-corrected chi connectivity index (χ3v) is 3.82. The summed E-state index contributed by atoms with van der Waals surface area (Å²) >= 11 is 0. The lowest BCUT2D eigenvalue weighted by Crippen LogP contribution is -2.17. The van der Waals surface area contributed by atoms with Gasteiger partial charge in [-0.05, 0) is 56.2 Å². The summed E-state index contributed by atoms with van der Waals surface area (Å²) in [6.45, 7) is 8.24. The van der Waals surface area contributed by atoms with Crippen molar-refractivity contribution >= 4 is 28.9 Å². The van der Waals surface area contributed by atoms with Gasteiger partial charge in [0.1, 0.15) is 0 Å². The van der Waals surface area contributed by atoms with Gasteiger partial charge in [-0.1, -0.05) is 17.7 Å². The number of anilines is 3. The molecule has 0 bridgehead atoms. The molecule has 0 aliphatic heterocycles. The molecule has 25 heavy (non-hydrogen) atoms. The first-order valence-electron chi connectivity index (χ1n) is 8.34. The Morgan fingerprint density at radius 2 is 1.40 bits per heavy atom. The zero-order valence-corrected chi connectivity index (χ0v) is 15.2. The lowest BCUT2D eigenvalue weighted by molar-refractivity contribution is -0.116. The minimum atomic E-state index is -0.121. The molecule has 0 heterocycles.